The van der Waals surface area contributed by atoms with Crippen LogP contribution in [0.3, 0.4) is 0 Å². The van der Waals surface area contributed by atoms with Crippen LogP contribution in [-0.2, 0) is 0 Å². The van der Waals surface area contributed by atoms with E-state index in [0.717, 1.165) is 0 Å². The van der Waals surface area contributed by atoms with Crippen LogP contribution in [0.15, 0.2) is 34.9 Å². The summed E-state index contributed by atoms with van der Waals surface area (Å²) >= 11 is 0. The van der Waals surface area contributed by atoms with Gasteiger partial charge in [-0.3, -0.25) is 9.78 Å². The van der Waals surface area contributed by atoms with Gasteiger partial charge in [0.1, 0.15) is 11.5 Å². The molecule has 0 atom stereocenters. The number of furan rings is 1. The number of pyridine rings is 1. The first-order chi connectivity index (χ1) is 7.70. The number of carbonyl (C=O) groups is 2. The number of hydrogen-bond acceptors (Lipinski definition) is 4. The van der Waals surface area contributed by atoms with Gasteiger partial charge in [-0.25, -0.2) is 4.79 Å². The maximum absolute atomic E-state index is 10.6. The predicted octanol–water partition coefficient (Wildman–Crippen LogP) is 1.85. The molecular weight excluding hydrogens is 210 g/mol. The van der Waals surface area contributed by atoms with Crippen molar-refractivity contribution in [2.24, 2.45) is 0 Å². The Kier molecular flexibility index (Phi) is 2.51. The van der Waals surface area contributed by atoms with Gasteiger partial charge in [0.25, 0.3) is 0 Å². The minimum absolute atomic E-state index is 0.130. The Balaban J connectivity index is 2.35. The number of nitrogens with zero attached hydrogens (tertiary/aromatic N) is 1. The molecular formula is C11H7NO4. The summed E-state index contributed by atoms with van der Waals surface area (Å²) in [6.07, 6.45) is 2.09. The van der Waals surface area contributed by atoms with Crippen LogP contribution < -0.4 is 0 Å². The third-order valence-corrected chi connectivity index (χ3v) is 2.01. The van der Waals surface area contributed by atoms with E-state index in [2.05, 4.69) is 4.98 Å². The number of hydrogen-bond donors (Lipinski definition) is 1. The summed E-state index contributed by atoms with van der Waals surface area (Å²) < 4.78 is 5.08. The highest BCUT2D eigenvalue weighted by molar-refractivity contribution is 5.85. The maximum atomic E-state index is 10.6. The summed E-state index contributed by atoms with van der Waals surface area (Å²) in [4.78, 5) is 24.8. The number of carboxylic acid groups (broad SMARTS) is 1. The summed E-state index contributed by atoms with van der Waals surface area (Å²) in [5, 5.41) is 8.67. The van der Waals surface area contributed by atoms with Crippen LogP contribution in [-0.4, -0.2) is 22.3 Å². The first-order valence-corrected chi connectivity index (χ1v) is 4.45. The molecule has 2 aromatic rings. The molecule has 5 heteroatoms. The van der Waals surface area contributed by atoms with E-state index in [1.54, 1.807) is 12.1 Å². The van der Waals surface area contributed by atoms with Gasteiger partial charge in [-0.1, -0.05) is 0 Å². The van der Waals surface area contributed by atoms with Crippen LogP contribution in [0, 0.1) is 0 Å². The summed E-state index contributed by atoms with van der Waals surface area (Å²) in [5.74, 6) is -0.847. The lowest BCUT2D eigenvalue weighted by molar-refractivity contribution is 0.0663. The molecule has 0 aliphatic carbocycles. The summed E-state index contributed by atoms with van der Waals surface area (Å²) in [5.41, 5.74) is 0.937. The number of aromatic carboxylic acids is 1. The molecule has 0 radical (unpaired) electrons. The fraction of sp³-hybridized carbons (Fsp3) is 0. The van der Waals surface area contributed by atoms with Gasteiger partial charge >= 0.3 is 5.97 Å². The van der Waals surface area contributed by atoms with Crippen molar-refractivity contribution in [2.75, 3.05) is 0 Å². The van der Waals surface area contributed by atoms with E-state index in [1.807, 2.05) is 0 Å². The molecule has 80 valence electrons. The molecule has 0 saturated heterocycles. The van der Waals surface area contributed by atoms with Gasteiger partial charge < -0.3 is 9.52 Å². The van der Waals surface area contributed by atoms with E-state index in [0.29, 0.717) is 23.3 Å². The molecule has 5 nitrogen and oxygen atoms in total. The number of aromatic nitrogens is 1. The van der Waals surface area contributed by atoms with Crippen LogP contribution in [0.1, 0.15) is 21.0 Å². The van der Waals surface area contributed by atoms with E-state index in [1.165, 1.54) is 18.3 Å². The minimum Gasteiger partial charge on any atom is -0.475 e. The minimum atomic E-state index is -1.12. The third kappa shape index (κ3) is 1.83. The van der Waals surface area contributed by atoms with Gasteiger partial charge in [-0.2, -0.15) is 0 Å². The quantitative estimate of drug-likeness (QED) is 0.793. The van der Waals surface area contributed by atoms with Crippen LogP contribution >= 0.6 is 0 Å². The van der Waals surface area contributed by atoms with Gasteiger partial charge in [0.05, 0.1) is 0 Å². The lowest BCUT2D eigenvalue weighted by Gasteiger charge is -1.95. The van der Waals surface area contributed by atoms with E-state index in [-0.39, 0.29) is 5.76 Å². The number of carboxylic acids is 1. The molecule has 0 unspecified atom stereocenters. The molecule has 0 aromatic carbocycles. The molecule has 2 aromatic heterocycles. The average Bonchev–Trinajstić information content (AvgIpc) is 2.78. The fourth-order valence-corrected chi connectivity index (χ4v) is 1.23. The maximum Gasteiger partial charge on any atom is 0.371 e. The number of rotatable bonds is 3. The Bertz CT molecular complexity index is 527. The smallest absolute Gasteiger partial charge is 0.371 e. The lowest BCUT2D eigenvalue weighted by atomic mass is 10.2. The van der Waals surface area contributed by atoms with Crippen molar-refractivity contribution < 1.29 is 19.1 Å². The fourth-order valence-electron chi connectivity index (χ4n) is 1.23. The monoisotopic (exact) mass is 217 g/mol. The second-order valence-electron chi connectivity index (χ2n) is 3.06. The van der Waals surface area contributed by atoms with Crippen LogP contribution in [0.2, 0.25) is 0 Å². The zero-order chi connectivity index (χ0) is 11.5. The van der Waals surface area contributed by atoms with E-state index in [9.17, 15) is 9.59 Å². The molecule has 2 rings (SSSR count). The largest absolute Gasteiger partial charge is 0.475 e. The SMILES string of the molecule is O=Cc1ccc(-c2ccc(C(=O)O)o2)cn1. The summed E-state index contributed by atoms with van der Waals surface area (Å²) in [6, 6.07) is 6.08. The molecule has 0 aliphatic heterocycles. The van der Waals surface area contributed by atoms with Crippen molar-refractivity contribution in [2.45, 2.75) is 0 Å². The van der Waals surface area contributed by atoms with Crippen molar-refractivity contribution in [3.63, 3.8) is 0 Å². The van der Waals surface area contributed by atoms with Crippen molar-refractivity contribution in [1.82, 2.24) is 4.98 Å². The first-order valence-electron chi connectivity index (χ1n) is 4.45. The average molecular weight is 217 g/mol. The Labute approximate surface area is 90.3 Å². The van der Waals surface area contributed by atoms with Crippen molar-refractivity contribution in [3.05, 3.63) is 41.9 Å². The molecule has 2 heterocycles. The first kappa shape index (κ1) is 10.1. The number of aldehydes is 1. The molecule has 0 spiro atoms. The van der Waals surface area contributed by atoms with Crippen molar-refractivity contribution in [1.29, 1.82) is 0 Å². The normalized spacial score (nSPS) is 10.0. The topological polar surface area (TPSA) is 80.4 Å². The molecule has 0 aliphatic rings. The second kappa shape index (κ2) is 3.98. The molecule has 1 N–H and O–H groups in total. The molecule has 0 amide bonds. The third-order valence-electron chi connectivity index (χ3n) is 2.01. The number of carbonyl (C=O) groups excluding carboxylic acids is 1. The van der Waals surface area contributed by atoms with Gasteiger partial charge in [0, 0.05) is 11.8 Å². The van der Waals surface area contributed by atoms with E-state index in [4.69, 9.17) is 9.52 Å². The Hall–Kier alpha value is -2.43. The summed E-state index contributed by atoms with van der Waals surface area (Å²) in [6.45, 7) is 0. The Morgan fingerprint density at radius 3 is 2.62 bits per heavy atom. The highest BCUT2D eigenvalue weighted by atomic mass is 16.4. The zero-order valence-corrected chi connectivity index (χ0v) is 8.08. The van der Waals surface area contributed by atoms with Crippen LogP contribution in [0.4, 0.5) is 0 Å². The van der Waals surface area contributed by atoms with Crippen LogP contribution in [0.5, 0.6) is 0 Å². The van der Waals surface area contributed by atoms with E-state index >= 15 is 0 Å². The van der Waals surface area contributed by atoms with Gasteiger partial charge in [-0.05, 0) is 24.3 Å². The predicted molar refractivity (Wildman–Crippen MR) is 54.3 cm³/mol. The molecule has 16 heavy (non-hydrogen) atoms. The Morgan fingerprint density at radius 1 is 1.31 bits per heavy atom. The van der Waals surface area contributed by atoms with Gasteiger partial charge in [0.15, 0.2) is 6.29 Å². The van der Waals surface area contributed by atoms with Crippen molar-refractivity contribution >= 4 is 12.3 Å². The molecule has 0 fully saturated rings. The van der Waals surface area contributed by atoms with E-state index < -0.39 is 5.97 Å². The summed E-state index contributed by atoms with van der Waals surface area (Å²) in [7, 11) is 0. The standard InChI is InChI=1S/C11H7NO4/c13-6-8-2-1-7(5-12-8)9-3-4-10(16-9)11(14)15/h1-6H,(H,14,15). The van der Waals surface area contributed by atoms with Gasteiger partial charge in [0.2, 0.25) is 5.76 Å². The van der Waals surface area contributed by atoms with Crippen molar-refractivity contribution in [3.8, 4) is 11.3 Å². The zero-order valence-electron chi connectivity index (χ0n) is 8.08. The Morgan fingerprint density at radius 2 is 2.12 bits per heavy atom. The molecule has 0 saturated carbocycles. The molecule has 0 bridgehead atoms. The highest BCUT2D eigenvalue weighted by Gasteiger charge is 2.10. The highest BCUT2D eigenvalue weighted by Crippen LogP contribution is 2.21. The van der Waals surface area contributed by atoms with Gasteiger partial charge in [-0.15, -0.1) is 0 Å². The second-order valence-corrected chi connectivity index (χ2v) is 3.06. The van der Waals surface area contributed by atoms with Crippen LogP contribution in [0.25, 0.3) is 11.3 Å². The lowest BCUT2D eigenvalue weighted by Crippen LogP contribution is -1.91.